The van der Waals surface area contributed by atoms with Gasteiger partial charge in [0.2, 0.25) is 0 Å². The Kier molecular flexibility index (Phi) is 4.64. The van der Waals surface area contributed by atoms with Crippen LogP contribution >= 0.6 is 0 Å². The largest absolute Gasteiger partial charge is 0.381 e. The van der Waals surface area contributed by atoms with E-state index in [-0.39, 0.29) is 17.3 Å². The van der Waals surface area contributed by atoms with Crippen LogP contribution in [0.4, 0.5) is 14.5 Å². The van der Waals surface area contributed by atoms with Gasteiger partial charge in [-0.2, -0.15) is 0 Å². The number of anilines is 1. The van der Waals surface area contributed by atoms with Gasteiger partial charge in [-0.3, -0.25) is 0 Å². The molecule has 1 saturated carbocycles. The fraction of sp³-hybridized carbons (Fsp3) is 0.417. The van der Waals surface area contributed by atoms with Crippen molar-refractivity contribution in [2.45, 2.75) is 31.1 Å². The van der Waals surface area contributed by atoms with E-state index in [1.807, 2.05) is 11.0 Å². The summed E-state index contributed by atoms with van der Waals surface area (Å²) < 4.78 is 34.6. The second-order valence-corrected chi connectivity index (χ2v) is 9.17. The lowest BCUT2D eigenvalue weighted by molar-refractivity contribution is -0.000431. The van der Waals surface area contributed by atoms with Crippen molar-refractivity contribution in [3.8, 4) is 11.6 Å². The van der Waals surface area contributed by atoms with Crippen LogP contribution < -0.4 is 4.90 Å². The van der Waals surface area contributed by atoms with Gasteiger partial charge in [-0.05, 0) is 60.4 Å². The smallest absolute Gasteiger partial charge is 0.197 e. The van der Waals surface area contributed by atoms with Gasteiger partial charge in [0, 0.05) is 56.5 Å². The van der Waals surface area contributed by atoms with Crippen molar-refractivity contribution >= 4 is 5.69 Å². The lowest BCUT2D eigenvalue weighted by Crippen LogP contribution is -2.58. The van der Waals surface area contributed by atoms with E-state index in [2.05, 4.69) is 19.9 Å². The summed E-state index contributed by atoms with van der Waals surface area (Å²) in [4.78, 5) is 19.1. The molecule has 3 fully saturated rings. The molecule has 32 heavy (non-hydrogen) atoms. The summed E-state index contributed by atoms with van der Waals surface area (Å²) in [5.74, 6) is -0.219. The minimum atomic E-state index is -0.774. The highest BCUT2D eigenvalue weighted by Crippen LogP contribution is 2.55. The molecule has 2 saturated heterocycles. The average Bonchev–Trinajstić information content (AvgIpc) is 3.62. The van der Waals surface area contributed by atoms with Crippen molar-refractivity contribution in [2.75, 3.05) is 31.2 Å². The maximum Gasteiger partial charge on any atom is 0.197 e. The molecule has 0 N–H and O–H groups in total. The van der Waals surface area contributed by atoms with Crippen LogP contribution in [-0.2, 0) is 4.74 Å². The van der Waals surface area contributed by atoms with Gasteiger partial charge in [-0.1, -0.05) is 0 Å². The molecule has 2 atom stereocenters. The van der Waals surface area contributed by atoms with Gasteiger partial charge in [0.1, 0.15) is 0 Å². The average molecular weight is 435 g/mol. The second-order valence-electron chi connectivity index (χ2n) is 9.17. The Labute approximate surface area is 184 Å². The first-order valence-corrected chi connectivity index (χ1v) is 11.0. The minimum absolute atomic E-state index is 0.143. The highest BCUT2D eigenvalue weighted by atomic mass is 19.2. The number of nitrogens with zero attached hydrogens (tertiary/aromatic N) is 5. The SMILES string of the molecule is Fc1cc([C@@H]2C[C@H]2c2cnc(-c3ncccn3)nc2)cc(N2CC3(CCOCC3)C2)c1F. The first-order chi connectivity index (χ1) is 15.6. The monoisotopic (exact) mass is 435 g/mol. The minimum Gasteiger partial charge on any atom is -0.381 e. The maximum absolute atomic E-state index is 14.6. The van der Waals surface area contributed by atoms with E-state index < -0.39 is 11.6 Å². The molecule has 164 valence electrons. The van der Waals surface area contributed by atoms with Crippen molar-refractivity contribution in [1.82, 2.24) is 19.9 Å². The van der Waals surface area contributed by atoms with Gasteiger partial charge in [-0.25, -0.2) is 28.7 Å². The van der Waals surface area contributed by atoms with E-state index in [0.717, 1.165) is 56.7 Å². The molecule has 3 aromatic rings. The lowest BCUT2D eigenvalue weighted by atomic mass is 9.73. The number of aromatic nitrogens is 4. The summed E-state index contributed by atoms with van der Waals surface area (Å²) in [7, 11) is 0. The van der Waals surface area contributed by atoms with Crippen molar-refractivity contribution in [3.63, 3.8) is 0 Å². The van der Waals surface area contributed by atoms with Gasteiger partial charge in [0.25, 0.3) is 0 Å². The van der Waals surface area contributed by atoms with Crippen LogP contribution in [0, 0.1) is 17.0 Å². The normalized spacial score (nSPS) is 23.8. The third kappa shape index (κ3) is 3.43. The van der Waals surface area contributed by atoms with Crippen LogP contribution in [0.2, 0.25) is 0 Å². The summed E-state index contributed by atoms with van der Waals surface area (Å²) in [6.45, 7) is 3.04. The molecule has 0 unspecified atom stereocenters. The first-order valence-electron chi connectivity index (χ1n) is 11.0. The predicted molar refractivity (Wildman–Crippen MR) is 114 cm³/mol. The summed E-state index contributed by atoms with van der Waals surface area (Å²) in [5, 5.41) is 0. The Balaban J connectivity index is 1.19. The number of benzene rings is 1. The molecular formula is C24H23F2N5O. The van der Waals surface area contributed by atoms with Crippen LogP contribution in [0.25, 0.3) is 11.6 Å². The highest BCUT2D eigenvalue weighted by molar-refractivity contribution is 5.55. The van der Waals surface area contributed by atoms with Crippen LogP contribution in [-0.4, -0.2) is 46.2 Å². The van der Waals surface area contributed by atoms with Gasteiger partial charge in [0.05, 0.1) is 5.69 Å². The number of hydrogen-bond donors (Lipinski definition) is 0. The van der Waals surface area contributed by atoms with Crippen LogP contribution in [0.15, 0.2) is 43.0 Å². The van der Waals surface area contributed by atoms with E-state index in [1.165, 1.54) is 6.07 Å². The number of ether oxygens (including phenoxy) is 1. The Morgan fingerprint density at radius 1 is 0.875 bits per heavy atom. The molecule has 1 aromatic carbocycles. The molecule has 3 aliphatic rings. The Bertz CT molecular complexity index is 1130. The number of hydrogen-bond acceptors (Lipinski definition) is 6. The Morgan fingerprint density at radius 3 is 2.25 bits per heavy atom. The van der Waals surface area contributed by atoms with Crippen LogP contribution in [0.1, 0.15) is 42.2 Å². The molecule has 2 aromatic heterocycles. The molecule has 6 nitrogen and oxygen atoms in total. The molecule has 1 spiro atoms. The Morgan fingerprint density at radius 2 is 1.53 bits per heavy atom. The number of rotatable bonds is 4. The molecule has 6 rings (SSSR count). The summed E-state index contributed by atoms with van der Waals surface area (Å²) in [5.41, 5.74) is 2.41. The molecular weight excluding hydrogens is 412 g/mol. The van der Waals surface area contributed by atoms with Crippen molar-refractivity contribution in [2.24, 2.45) is 5.41 Å². The van der Waals surface area contributed by atoms with Gasteiger partial charge >= 0.3 is 0 Å². The molecule has 4 heterocycles. The standard InChI is InChI=1S/C24H23F2N5O/c25-19-8-15(9-20(21(19)26)31-13-24(14-31)2-6-32-7-3-24)17-10-18(17)16-11-29-23(30-12-16)22-27-4-1-5-28-22/h1,4-5,8-9,11-12,17-18H,2-3,6-7,10,13-14H2/t17-,18-/m0/s1. The molecule has 1 aliphatic carbocycles. The molecule has 0 radical (unpaired) electrons. The number of halogens is 2. The second kappa shape index (κ2) is 7.55. The molecule has 0 bridgehead atoms. The molecule has 0 amide bonds. The van der Waals surface area contributed by atoms with E-state index in [4.69, 9.17) is 4.74 Å². The van der Waals surface area contributed by atoms with Crippen molar-refractivity contribution < 1.29 is 13.5 Å². The van der Waals surface area contributed by atoms with Gasteiger partial charge in [-0.15, -0.1) is 0 Å². The van der Waals surface area contributed by atoms with Crippen molar-refractivity contribution in [3.05, 3.63) is 65.7 Å². The molecule has 2 aliphatic heterocycles. The fourth-order valence-corrected chi connectivity index (χ4v) is 5.08. The van der Waals surface area contributed by atoms with Gasteiger partial charge in [0.15, 0.2) is 23.3 Å². The fourth-order valence-electron chi connectivity index (χ4n) is 5.08. The predicted octanol–water partition coefficient (Wildman–Crippen LogP) is 4.10. The van der Waals surface area contributed by atoms with E-state index >= 15 is 0 Å². The zero-order valence-electron chi connectivity index (χ0n) is 17.5. The first kappa shape index (κ1) is 19.7. The summed E-state index contributed by atoms with van der Waals surface area (Å²) in [6.07, 6.45) is 9.72. The zero-order valence-corrected chi connectivity index (χ0v) is 17.5. The third-order valence-corrected chi connectivity index (χ3v) is 7.06. The summed E-state index contributed by atoms with van der Waals surface area (Å²) >= 11 is 0. The van der Waals surface area contributed by atoms with Crippen LogP contribution in [0.5, 0.6) is 0 Å². The quantitative estimate of drug-likeness (QED) is 0.615. The lowest BCUT2D eigenvalue weighted by Gasteiger charge is -2.53. The summed E-state index contributed by atoms with van der Waals surface area (Å²) in [6, 6.07) is 4.93. The Hall–Kier alpha value is -3.00. The van der Waals surface area contributed by atoms with E-state index in [9.17, 15) is 8.78 Å². The van der Waals surface area contributed by atoms with Crippen molar-refractivity contribution in [1.29, 1.82) is 0 Å². The third-order valence-electron chi connectivity index (χ3n) is 7.06. The van der Waals surface area contributed by atoms with E-state index in [1.54, 1.807) is 30.9 Å². The molecule has 8 heteroatoms. The highest BCUT2D eigenvalue weighted by Gasteiger charge is 2.46. The maximum atomic E-state index is 14.6. The van der Waals surface area contributed by atoms with Gasteiger partial charge < -0.3 is 9.64 Å². The van der Waals surface area contributed by atoms with E-state index in [0.29, 0.717) is 17.3 Å². The zero-order chi connectivity index (χ0) is 21.7. The topological polar surface area (TPSA) is 64.0 Å². The van der Waals surface area contributed by atoms with Crippen LogP contribution in [0.3, 0.4) is 0 Å².